The van der Waals surface area contributed by atoms with E-state index in [0.717, 1.165) is 38.5 Å². The molecule has 7 aliphatic rings. The van der Waals surface area contributed by atoms with Gasteiger partial charge in [-0.3, -0.25) is 0 Å². The standard InChI is InChI=1S/C73H76N4/c1-2-18-56(75-68-29-5-3-4-23-62(68)63-24-6-11-30-69(63)75)42-35-51-36-43-57(44-37-51)74(58-45-38-52(39-46-58)54-19-16-21-60(49-54)76-70-31-12-7-25-64(70)65-26-8-13-32-71(65)76)59-47-40-53(41-48-59)55-20-17-22-61(50-55)77-72-33-14-9-27-66(72)67-28-10-15-34-73(67)77/h4,6-9,11-12,14-15,17,20-27,30-31,33-34,36,38-40,43,45-47,50-51,54,56-57,67,73H,2-3,5,10,13,16,18-19,28-29,32,35,37,41-42,44,48-49H2,1H3/t51-,54?,56?,57?,67?,73?/m1/s1. The molecule has 1 aliphatic heterocycles. The molecular formula is C73H76N4. The van der Waals surface area contributed by atoms with Gasteiger partial charge in [0.1, 0.15) is 0 Å². The summed E-state index contributed by atoms with van der Waals surface area (Å²) in [6, 6.07) is 48.1. The quantitative estimate of drug-likeness (QED) is 0.107. The molecule has 4 nitrogen and oxygen atoms in total. The van der Waals surface area contributed by atoms with Crippen LogP contribution in [0.4, 0.5) is 17.1 Å². The minimum atomic E-state index is 0.321. The predicted molar refractivity (Wildman–Crippen MR) is 327 cm³/mol. The summed E-state index contributed by atoms with van der Waals surface area (Å²) in [5.41, 5.74) is 21.5. The average Bonchev–Trinajstić information content (AvgIpc) is 4.13. The van der Waals surface area contributed by atoms with E-state index in [4.69, 9.17) is 0 Å². The molecule has 0 bridgehead atoms. The molecule has 6 atom stereocenters. The van der Waals surface area contributed by atoms with Gasteiger partial charge >= 0.3 is 0 Å². The Kier molecular flexibility index (Phi) is 13.2. The van der Waals surface area contributed by atoms with Crippen LogP contribution < -0.4 is 9.80 Å². The lowest BCUT2D eigenvalue weighted by Crippen LogP contribution is -2.35. The summed E-state index contributed by atoms with van der Waals surface area (Å²) >= 11 is 0. The van der Waals surface area contributed by atoms with Crippen LogP contribution in [0.3, 0.4) is 0 Å². The van der Waals surface area contributed by atoms with Crippen LogP contribution in [0, 0.1) is 5.92 Å². The second-order valence-electron chi connectivity index (χ2n) is 23.6. The largest absolute Gasteiger partial charge is 0.341 e. The fourth-order valence-corrected chi connectivity index (χ4v) is 15.4. The molecule has 5 unspecified atom stereocenters. The molecule has 0 radical (unpaired) electrons. The van der Waals surface area contributed by atoms with Crippen LogP contribution in [0.1, 0.15) is 167 Å². The number of anilines is 3. The highest BCUT2D eigenvalue weighted by Crippen LogP contribution is 2.50. The van der Waals surface area contributed by atoms with Crippen molar-refractivity contribution in [3.05, 3.63) is 221 Å². The number of aromatic nitrogens is 2. The summed E-state index contributed by atoms with van der Waals surface area (Å²) < 4.78 is 5.43. The van der Waals surface area contributed by atoms with Crippen molar-refractivity contribution in [3.8, 4) is 0 Å². The maximum atomic E-state index is 2.80. The molecule has 0 saturated carbocycles. The van der Waals surface area contributed by atoms with E-state index in [1.165, 1.54) is 166 Å². The van der Waals surface area contributed by atoms with E-state index < -0.39 is 0 Å². The van der Waals surface area contributed by atoms with Gasteiger partial charge in [0.15, 0.2) is 0 Å². The highest BCUT2D eigenvalue weighted by molar-refractivity contribution is 5.95. The van der Waals surface area contributed by atoms with Gasteiger partial charge in [0, 0.05) is 79.2 Å². The molecule has 14 rings (SSSR count). The number of hydrogen-bond acceptors (Lipinski definition) is 2. The van der Waals surface area contributed by atoms with Crippen LogP contribution in [-0.4, -0.2) is 21.2 Å². The molecule has 6 aliphatic carbocycles. The van der Waals surface area contributed by atoms with Crippen molar-refractivity contribution in [2.24, 2.45) is 5.92 Å². The van der Waals surface area contributed by atoms with Gasteiger partial charge in [-0.1, -0.05) is 153 Å². The smallest absolute Gasteiger partial charge is 0.0591 e. The van der Waals surface area contributed by atoms with Crippen molar-refractivity contribution in [1.82, 2.24) is 9.13 Å². The molecule has 5 aromatic carbocycles. The molecule has 77 heavy (non-hydrogen) atoms. The fourth-order valence-electron chi connectivity index (χ4n) is 15.4. The van der Waals surface area contributed by atoms with E-state index in [1.807, 2.05) is 0 Å². The van der Waals surface area contributed by atoms with Crippen LogP contribution in [-0.2, 0) is 12.8 Å². The first-order valence-electron chi connectivity index (χ1n) is 30.1. The van der Waals surface area contributed by atoms with Gasteiger partial charge in [-0.05, 0) is 192 Å². The maximum Gasteiger partial charge on any atom is 0.0591 e. The molecule has 2 aromatic heterocycles. The second kappa shape index (κ2) is 21.1. The van der Waals surface area contributed by atoms with Gasteiger partial charge in [0.05, 0.1) is 17.6 Å². The normalized spacial score (nSPS) is 22.9. The van der Waals surface area contributed by atoms with Crippen molar-refractivity contribution < 1.29 is 0 Å². The molecule has 0 saturated heterocycles. The van der Waals surface area contributed by atoms with Gasteiger partial charge in [-0.15, -0.1) is 0 Å². The number of nitrogens with zero attached hydrogens (tertiary/aromatic N) is 4. The summed E-state index contributed by atoms with van der Waals surface area (Å²) in [6.45, 7) is 2.38. The number of hydrogen-bond donors (Lipinski definition) is 0. The van der Waals surface area contributed by atoms with Crippen molar-refractivity contribution in [1.29, 1.82) is 0 Å². The lowest BCUT2D eigenvalue weighted by molar-refractivity contribution is 0.373. The first-order chi connectivity index (χ1) is 38.2. The highest BCUT2D eigenvalue weighted by atomic mass is 15.2. The predicted octanol–water partition coefficient (Wildman–Crippen LogP) is 19.4. The minimum absolute atomic E-state index is 0.321. The van der Waals surface area contributed by atoms with E-state index in [1.54, 1.807) is 5.69 Å². The lowest BCUT2D eigenvalue weighted by atomic mass is 9.85. The monoisotopic (exact) mass is 1010 g/mol. The Morgan fingerprint density at radius 3 is 2.30 bits per heavy atom. The lowest BCUT2D eigenvalue weighted by Gasteiger charge is -2.38. The Bertz CT molecular complexity index is 3560. The van der Waals surface area contributed by atoms with Gasteiger partial charge in [-0.2, -0.15) is 0 Å². The van der Waals surface area contributed by atoms with E-state index in [9.17, 15) is 0 Å². The Labute approximate surface area is 458 Å². The minimum Gasteiger partial charge on any atom is -0.341 e. The topological polar surface area (TPSA) is 16.3 Å². The summed E-state index contributed by atoms with van der Waals surface area (Å²) in [5.74, 6) is 1.66. The Morgan fingerprint density at radius 1 is 0.636 bits per heavy atom. The third-order valence-electron chi connectivity index (χ3n) is 19.1. The zero-order valence-corrected chi connectivity index (χ0v) is 45.4. The molecule has 388 valence electrons. The van der Waals surface area contributed by atoms with Crippen LogP contribution in [0.2, 0.25) is 0 Å². The first-order valence-corrected chi connectivity index (χ1v) is 30.1. The van der Waals surface area contributed by atoms with Crippen molar-refractivity contribution in [2.75, 3.05) is 9.80 Å². The van der Waals surface area contributed by atoms with Gasteiger partial charge in [0.2, 0.25) is 0 Å². The number of allylic oxidation sites excluding steroid dienone is 10. The second-order valence-corrected chi connectivity index (χ2v) is 23.6. The van der Waals surface area contributed by atoms with Crippen LogP contribution >= 0.6 is 0 Å². The zero-order chi connectivity index (χ0) is 51.2. The van der Waals surface area contributed by atoms with Crippen molar-refractivity contribution >= 4 is 62.3 Å². The molecule has 4 heteroatoms. The fraction of sp³-hybridized carbons (Fsp3) is 0.342. The molecule has 7 aromatic rings. The van der Waals surface area contributed by atoms with Crippen molar-refractivity contribution in [2.45, 2.75) is 152 Å². The van der Waals surface area contributed by atoms with Crippen LogP contribution in [0.25, 0.3) is 45.2 Å². The van der Waals surface area contributed by atoms with Crippen LogP contribution in [0.5, 0.6) is 0 Å². The molecule has 0 N–H and O–H groups in total. The SMILES string of the molecule is CCCC(CC[C@@H]1C=CC(N(C2=CC=C(c3cccc(N4c5ccccc5C5CCC=CC54)c3)CC2)c2ccc(C3CCC=C(n4c5c(c6ccccc64)C=CCC5)C3)cc2)CC1)n1c2c(c3ccccc31)C=CCCC2. The van der Waals surface area contributed by atoms with E-state index in [0.29, 0.717) is 35.9 Å². The van der Waals surface area contributed by atoms with E-state index in [2.05, 4.69) is 214 Å². The third-order valence-corrected chi connectivity index (χ3v) is 19.1. The molecule has 3 heterocycles. The van der Waals surface area contributed by atoms with Gasteiger partial charge in [-0.25, -0.2) is 0 Å². The third kappa shape index (κ3) is 8.94. The number of benzene rings is 5. The number of para-hydroxylation sites is 3. The molecular weight excluding hydrogens is 933 g/mol. The van der Waals surface area contributed by atoms with Crippen molar-refractivity contribution in [3.63, 3.8) is 0 Å². The first kappa shape index (κ1) is 48.3. The summed E-state index contributed by atoms with van der Waals surface area (Å²) in [4.78, 5) is 5.36. The molecule has 0 fully saturated rings. The number of rotatable bonds is 13. The van der Waals surface area contributed by atoms with Gasteiger partial charge in [0.25, 0.3) is 0 Å². The Balaban J connectivity index is 0.746. The van der Waals surface area contributed by atoms with Gasteiger partial charge < -0.3 is 18.9 Å². The summed E-state index contributed by atoms with van der Waals surface area (Å²) in [6.07, 6.45) is 48.1. The maximum absolute atomic E-state index is 2.80. The average molecular weight is 1010 g/mol. The summed E-state index contributed by atoms with van der Waals surface area (Å²) in [7, 11) is 0. The van der Waals surface area contributed by atoms with E-state index in [-0.39, 0.29) is 0 Å². The highest BCUT2D eigenvalue weighted by Gasteiger charge is 2.39. The Hall–Kier alpha value is -7.04. The molecule has 0 amide bonds. The van der Waals surface area contributed by atoms with E-state index >= 15 is 0 Å². The zero-order valence-electron chi connectivity index (χ0n) is 45.4. The van der Waals surface area contributed by atoms with Crippen LogP contribution in [0.15, 0.2) is 182 Å². The summed E-state index contributed by atoms with van der Waals surface area (Å²) in [5, 5.41) is 2.83. The Morgan fingerprint density at radius 2 is 1.45 bits per heavy atom. The number of fused-ring (bicyclic) bond motifs is 9. The molecule has 0 spiro atoms.